The molecule has 1 aromatic heterocycles. The van der Waals surface area contributed by atoms with Crippen LogP contribution in [-0.2, 0) is 4.74 Å². The smallest absolute Gasteiger partial charge is 0.323 e. The van der Waals surface area contributed by atoms with Gasteiger partial charge in [-0.05, 0) is 43.0 Å². The number of aromatic nitrogens is 2. The Bertz CT molecular complexity index is 673. The molecule has 1 fully saturated rings. The summed E-state index contributed by atoms with van der Waals surface area (Å²) >= 11 is 3.66. The van der Waals surface area contributed by atoms with Crippen molar-refractivity contribution < 1.29 is 4.74 Å². The molecule has 3 rings (SSSR count). The van der Waals surface area contributed by atoms with Gasteiger partial charge in [-0.15, -0.1) is 0 Å². The minimum absolute atomic E-state index is 0.167. The molecule has 114 valence electrons. The van der Waals surface area contributed by atoms with Crippen LogP contribution in [0, 0.1) is 5.92 Å². The van der Waals surface area contributed by atoms with Crippen molar-refractivity contribution in [3.05, 3.63) is 32.7 Å². The molecule has 0 radical (unpaired) electrons. The molecule has 1 unspecified atom stereocenters. The van der Waals surface area contributed by atoms with Crippen LogP contribution in [0.1, 0.15) is 31.4 Å². The lowest BCUT2D eigenvalue weighted by Gasteiger charge is -2.31. The SMILES string of the molecule is CCNC(c1cc2[nH]c(=O)[nH]c2cc1Br)C1CCOCC1. The molecule has 0 saturated carbocycles. The van der Waals surface area contributed by atoms with E-state index in [1.54, 1.807) is 0 Å². The molecule has 5 nitrogen and oxygen atoms in total. The summed E-state index contributed by atoms with van der Waals surface area (Å²) in [5, 5.41) is 3.59. The van der Waals surface area contributed by atoms with Crippen LogP contribution in [0.3, 0.4) is 0 Å². The Kier molecular flexibility index (Phi) is 4.47. The van der Waals surface area contributed by atoms with Gasteiger partial charge in [-0.3, -0.25) is 0 Å². The van der Waals surface area contributed by atoms with Crippen LogP contribution >= 0.6 is 15.9 Å². The summed E-state index contributed by atoms with van der Waals surface area (Å²) in [4.78, 5) is 17.1. The van der Waals surface area contributed by atoms with E-state index in [9.17, 15) is 4.79 Å². The molecular weight excluding hydrogens is 334 g/mol. The summed E-state index contributed by atoms with van der Waals surface area (Å²) in [6.07, 6.45) is 2.12. The summed E-state index contributed by atoms with van der Waals surface area (Å²) < 4.78 is 6.51. The van der Waals surface area contributed by atoms with Crippen LogP contribution in [0.25, 0.3) is 11.0 Å². The predicted octanol–water partition coefficient (Wildman–Crippen LogP) is 2.70. The highest BCUT2D eigenvalue weighted by Gasteiger charge is 2.26. The first-order valence-electron chi connectivity index (χ1n) is 7.41. The number of halogens is 1. The van der Waals surface area contributed by atoms with E-state index in [1.165, 1.54) is 5.56 Å². The Hall–Kier alpha value is -1.11. The van der Waals surface area contributed by atoms with E-state index in [1.807, 2.05) is 6.07 Å². The number of aromatic amines is 2. The van der Waals surface area contributed by atoms with Crippen molar-refractivity contribution in [2.45, 2.75) is 25.8 Å². The van der Waals surface area contributed by atoms with E-state index < -0.39 is 0 Å². The summed E-state index contributed by atoms with van der Waals surface area (Å²) in [5.41, 5.74) is 2.72. The van der Waals surface area contributed by atoms with Gasteiger partial charge in [0.2, 0.25) is 0 Å². The molecule has 1 aliphatic heterocycles. The fraction of sp³-hybridized carbons (Fsp3) is 0.533. The van der Waals surface area contributed by atoms with Gasteiger partial charge in [-0.25, -0.2) is 4.79 Å². The van der Waals surface area contributed by atoms with Gasteiger partial charge in [0, 0.05) is 23.7 Å². The van der Waals surface area contributed by atoms with Crippen molar-refractivity contribution in [3.8, 4) is 0 Å². The van der Waals surface area contributed by atoms with Crippen molar-refractivity contribution >= 4 is 27.0 Å². The van der Waals surface area contributed by atoms with Crippen LogP contribution in [0.15, 0.2) is 21.4 Å². The van der Waals surface area contributed by atoms with Crippen LogP contribution in [0.2, 0.25) is 0 Å². The predicted molar refractivity (Wildman–Crippen MR) is 86.6 cm³/mol. The molecule has 1 saturated heterocycles. The number of fused-ring (bicyclic) bond motifs is 1. The number of hydrogen-bond acceptors (Lipinski definition) is 3. The minimum Gasteiger partial charge on any atom is -0.381 e. The Morgan fingerprint density at radius 3 is 2.67 bits per heavy atom. The van der Waals surface area contributed by atoms with Crippen molar-refractivity contribution in [1.82, 2.24) is 15.3 Å². The Labute approximate surface area is 131 Å². The highest BCUT2D eigenvalue weighted by Crippen LogP contribution is 2.35. The van der Waals surface area contributed by atoms with E-state index >= 15 is 0 Å². The van der Waals surface area contributed by atoms with E-state index in [2.05, 4.69) is 44.2 Å². The summed E-state index contributed by atoms with van der Waals surface area (Å²) in [5.74, 6) is 0.554. The summed E-state index contributed by atoms with van der Waals surface area (Å²) in [6.45, 7) is 4.69. The molecule has 1 atom stereocenters. The van der Waals surface area contributed by atoms with Gasteiger partial charge >= 0.3 is 5.69 Å². The van der Waals surface area contributed by atoms with Crippen molar-refractivity contribution in [1.29, 1.82) is 0 Å². The monoisotopic (exact) mass is 353 g/mol. The second kappa shape index (κ2) is 6.34. The molecule has 0 spiro atoms. The zero-order valence-corrected chi connectivity index (χ0v) is 13.6. The zero-order valence-electron chi connectivity index (χ0n) is 12.0. The lowest BCUT2D eigenvalue weighted by Crippen LogP contribution is -2.32. The standard InChI is InChI=1S/C15H20BrN3O2/c1-2-17-14(9-3-5-21-6-4-9)10-7-12-13(8-11(10)16)19-15(20)18-12/h7-9,14,17H,2-6H2,1H3,(H2,18,19,20). The van der Waals surface area contributed by atoms with Crippen LogP contribution in [0.4, 0.5) is 0 Å². The lowest BCUT2D eigenvalue weighted by atomic mass is 9.87. The lowest BCUT2D eigenvalue weighted by molar-refractivity contribution is 0.0537. The van der Waals surface area contributed by atoms with Crippen molar-refractivity contribution in [2.24, 2.45) is 5.92 Å². The molecule has 2 aromatic rings. The Morgan fingerprint density at radius 1 is 1.33 bits per heavy atom. The second-order valence-corrected chi connectivity index (χ2v) is 6.34. The molecule has 0 bridgehead atoms. The van der Waals surface area contributed by atoms with Gasteiger partial charge in [0.05, 0.1) is 11.0 Å². The molecule has 21 heavy (non-hydrogen) atoms. The van der Waals surface area contributed by atoms with E-state index in [4.69, 9.17) is 4.74 Å². The third-order valence-electron chi connectivity index (χ3n) is 4.13. The first-order chi connectivity index (χ1) is 10.2. The van der Waals surface area contributed by atoms with Gasteiger partial charge in [0.25, 0.3) is 0 Å². The summed E-state index contributed by atoms with van der Waals surface area (Å²) in [7, 11) is 0. The molecular formula is C15H20BrN3O2. The van der Waals surface area contributed by atoms with Gasteiger partial charge < -0.3 is 20.0 Å². The van der Waals surface area contributed by atoms with Crippen LogP contribution in [-0.4, -0.2) is 29.7 Å². The molecule has 3 N–H and O–H groups in total. The number of hydrogen-bond donors (Lipinski definition) is 3. The largest absolute Gasteiger partial charge is 0.381 e. The maximum absolute atomic E-state index is 11.5. The van der Waals surface area contributed by atoms with Gasteiger partial charge in [0.15, 0.2) is 0 Å². The van der Waals surface area contributed by atoms with E-state index in [0.717, 1.165) is 48.1 Å². The number of ether oxygens (including phenoxy) is 1. The fourth-order valence-electron chi connectivity index (χ4n) is 3.11. The maximum atomic E-state index is 11.5. The van der Waals surface area contributed by atoms with Gasteiger partial charge in [-0.1, -0.05) is 22.9 Å². The average Bonchev–Trinajstić information content (AvgIpc) is 2.84. The third-order valence-corrected chi connectivity index (χ3v) is 4.82. The molecule has 6 heteroatoms. The highest BCUT2D eigenvalue weighted by atomic mass is 79.9. The molecule has 0 amide bonds. The van der Waals surface area contributed by atoms with Crippen LogP contribution in [0.5, 0.6) is 0 Å². The number of rotatable bonds is 4. The zero-order chi connectivity index (χ0) is 14.8. The van der Waals surface area contributed by atoms with E-state index in [0.29, 0.717) is 5.92 Å². The second-order valence-electron chi connectivity index (χ2n) is 5.48. The first-order valence-corrected chi connectivity index (χ1v) is 8.21. The van der Waals surface area contributed by atoms with Crippen LogP contribution < -0.4 is 11.0 Å². The molecule has 1 aliphatic rings. The third kappa shape index (κ3) is 3.07. The Morgan fingerprint density at radius 2 is 2.00 bits per heavy atom. The van der Waals surface area contributed by atoms with Crippen molar-refractivity contribution in [3.63, 3.8) is 0 Å². The summed E-state index contributed by atoms with van der Waals surface area (Å²) in [6, 6.07) is 4.32. The number of benzene rings is 1. The van der Waals surface area contributed by atoms with Gasteiger partial charge in [-0.2, -0.15) is 0 Å². The number of imidazole rings is 1. The number of nitrogens with one attached hydrogen (secondary N) is 3. The molecule has 2 heterocycles. The fourth-order valence-corrected chi connectivity index (χ4v) is 3.70. The maximum Gasteiger partial charge on any atom is 0.323 e. The Balaban J connectivity index is 2.00. The quantitative estimate of drug-likeness (QED) is 0.791. The number of H-pyrrole nitrogens is 2. The van der Waals surface area contributed by atoms with Crippen molar-refractivity contribution in [2.75, 3.05) is 19.8 Å². The minimum atomic E-state index is -0.167. The highest BCUT2D eigenvalue weighted by molar-refractivity contribution is 9.10. The molecule has 1 aromatic carbocycles. The average molecular weight is 354 g/mol. The topological polar surface area (TPSA) is 69.9 Å². The first kappa shape index (κ1) is 14.8. The van der Waals surface area contributed by atoms with Gasteiger partial charge in [0.1, 0.15) is 0 Å². The normalized spacial score (nSPS) is 18.2. The van der Waals surface area contributed by atoms with E-state index in [-0.39, 0.29) is 11.7 Å². The molecule has 0 aliphatic carbocycles.